The van der Waals surface area contributed by atoms with Crippen molar-refractivity contribution < 1.29 is 36.2 Å². The number of carbonyl (C=O) groups is 1. The number of hydrogen-bond donors (Lipinski definition) is 0. The fourth-order valence-electron chi connectivity index (χ4n) is 4.95. The number of esters is 1. The van der Waals surface area contributed by atoms with Crippen molar-refractivity contribution >= 4 is 5.97 Å². The molecule has 0 amide bonds. The molecule has 190 valence electrons. The highest BCUT2D eigenvalue weighted by Crippen LogP contribution is 2.51. The molecule has 2 aliphatic carbocycles. The first-order valence-corrected chi connectivity index (χ1v) is 11.6. The van der Waals surface area contributed by atoms with Crippen molar-refractivity contribution in [3.8, 4) is 0 Å². The molecule has 2 aromatic carbocycles. The fourth-order valence-corrected chi connectivity index (χ4v) is 4.95. The summed E-state index contributed by atoms with van der Waals surface area (Å²) in [6, 6.07) is 16.2. The summed E-state index contributed by atoms with van der Waals surface area (Å²) in [5.74, 6) is -4.83. The van der Waals surface area contributed by atoms with Crippen LogP contribution in [0, 0.1) is 0 Å². The summed E-state index contributed by atoms with van der Waals surface area (Å²) < 4.78 is 83.8. The van der Waals surface area contributed by atoms with E-state index < -0.39 is 47.9 Å². The Kier molecular flexibility index (Phi) is 6.32. The highest BCUT2D eigenvalue weighted by atomic mass is 19.4. The summed E-state index contributed by atoms with van der Waals surface area (Å²) in [4.78, 5) is 12.5. The number of fused-ring (bicyclic) bond motifs is 1. The molecule has 0 aliphatic heterocycles. The van der Waals surface area contributed by atoms with E-state index in [1.807, 2.05) is 30.3 Å². The van der Waals surface area contributed by atoms with Crippen LogP contribution in [0.3, 0.4) is 0 Å². The summed E-state index contributed by atoms with van der Waals surface area (Å²) in [5.41, 5.74) is -1.51. The van der Waals surface area contributed by atoms with E-state index in [4.69, 9.17) is 9.47 Å². The van der Waals surface area contributed by atoms with E-state index in [2.05, 4.69) is 5.10 Å². The van der Waals surface area contributed by atoms with Crippen LogP contribution in [-0.2, 0) is 28.7 Å². The van der Waals surface area contributed by atoms with Crippen LogP contribution in [0.4, 0.5) is 22.0 Å². The van der Waals surface area contributed by atoms with E-state index >= 15 is 8.78 Å². The smallest absolute Gasteiger partial charge is 0.435 e. The van der Waals surface area contributed by atoms with Crippen molar-refractivity contribution in [2.24, 2.45) is 0 Å². The molecule has 0 spiro atoms. The van der Waals surface area contributed by atoms with E-state index in [0.29, 0.717) is 25.9 Å². The molecule has 36 heavy (non-hydrogen) atoms. The number of aromatic nitrogens is 2. The van der Waals surface area contributed by atoms with Crippen LogP contribution in [0.1, 0.15) is 64.3 Å². The van der Waals surface area contributed by atoms with Crippen LogP contribution >= 0.6 is 0 Å². The topological polar surface area (TPSA) is 53.3 Å². The van der Waals surface area contributed by atoms with Gasteiger partial charge >= 0.3 is 12.1 Å². The van der Waals surface area contributed by atoms with E-state index in [0.717, 1.165) is 10.2 Å². The van der Waals surface area contributed by atoms with Gasteiger partial charge in [-0.25, -0.2) is 13.6 Å². The normalized spacial score (nSPS) is 23.0. The molecule has 5 rings (SSSR count). The van der Waals surface area contributed by atoms with Crippen LogP contribution < -0.4 is 0 Å². The monoisotopic (exact) mass is 506 g/mol. The number of nitrogens with zero attached hydrogens (tertiary/aromatic N) is 2. The first-order valence-electron chi connectivity index (χ1n) is 11.6. The van der Waals surface area contributed by atoms with E-state index in [1.54, 1.807) is 6.07 Å². The standard InChI is InChI=1S/C26H23F5N2O3/c27-25(28)14-20-21(23(25)36-24(34)17-9-5-2-6-10-17)22(26(29,30)31)32-33(20)18-11-12-19(13-18)35-15-16-7-3-1-4-8-16/h1-10,18-19,23H,11-15H2/t18-,19-,23+/m1/s1. The average Bonchev–Trinajstić information content (AvgIpc) is 3.52. The van der Waals surface area contributed by atoms with Crippen molar-refractivity contribution in [1.29, 1.82) is 0 Å². The third kappa shape index (κ3) is 4.74. The maximum atomic E-state index is 15.0. The van der Waals surface area contributed by atoms with Gasteiger partial charge in [0, 0.05) is 0 Å². The lowest BCUT2D eigenvalue weighted by Crippen LogP contribution is -2.29. The molecule has 3 aromatic rings. The van der Waals surface area contributed by atoms with Crippen molar-refractivity contribution in [3.05, 3.63) is 88.7 Å². The zero-order valence-electron chi connectivity index (χ0n) is 19.1. The van der Waals surface area contributed by atoms with E-state index in [9.17, 15) is 18.0 Å². The van der Waals surface area contributed by atoms with Crippen LogP contribution in [0.25, 0.3) is 0 Å². The average molecular weight is 506 g/mol. The lowest BCUT2D eigenvalue weighted by Gasteiger charge is -2.21. The molecular weight excluding hydrogens is 483 g/mol. The maximum absolute atomic E-state index is 15.0. The summed E-state index contributed by atoms with van der Waals surface area (Å²) >= 11 is 0. The molecule has 1 heterocycles. The number of alkyl halides is 5. The minimum atomic E-state index is -4.99. The first kappa shape index (κ1) is 24.4. The molecule has 1 fully saturated rings. The lowest BCUT2D eigenvalue weighted by molar-refractivity contribution is -0.147. The SMILES string of the molecule is O=C(O[C@H]1c2c(C(F)(F)F)nn([C@@H]3CC[C@@H](OCc4ccccc4)C3)c2CC1(F)F)c1ccccc1. The number of hydrogen-bond acceptors (Lipinski definition) is 4. The highest BCUT2D eigenvalue weighted by Gasteiger charge is 2.58. The van der Waals surface area contributed by atoms with Crippen LogP contribution in [0.2, 0.25) is 0 Å². The Morgan fingerprint density at radius 1 is 1.03 bits per heavy atom. The fraction of sp³-hybridized carbons (Fsp3) is 0.385. The van der Waals surface area contributed by atoms with Crippen molar-refractivity contribution in [3.63, 3.8) is 0 Å². The Balaban J connectivity index is 1.40. The van der Waals surface area contributed by atoms with E-state index in [1.165, 1.54) is 24.3 Å². The minimum absolute atomic E-state index is 0.0306. The highest BCUT2D eigenvalue weighted by molar-refractivity contribution is 5.89. The largest absolute Gasteiger partial charge is 0.447 e. The summed E-state index contributed by atoms with van der Waals surface area (Å²) in [6.45, 7) is 0.346. The Morgan fingerprint density at radius 3 is 2.36 bits per heavy atom. The summed E-state index contributed by atoms with van der Waals surface area (Å²) in [7, 11) is 0. The van der Waals surface area contributed by atoms with Gasteiger partial charge in [-0.1, -0.05) is 48.5 Å². The van der Waals surface area contributed by atoms with Crippen molar-refractivity contribution in [2.75, 3.05) is 0 Å². The predicted octanol–water partition coefficient (Wildman–Crippen LogP) is 6.30. The minimum Gasteiger partial charge on any atom is -0.447 e. The van der Waals surface area contributed by atoms with Crippen LogP contribution in [-0.4, -0.2) is 27.8 Å². The number of rotatable bonds is 6. The third-order valence-electron chi connectivity index (χ3n) is 6.63. The second kappa shape index (κ2) is 9.31. The molecule has 10 heteroatoms. The molecule has 2 aliphatic rings. The Hall–Kier alpha value is -3.27. The molecule has 0 saturated heterocycles. The molecule has 0 radical (unpaired) electrons. The van der Waals surface area contributed by atoms with Gasteiger partial charge in [0.05, 0.1) is 42.0 Å². The van der Waals surface area contributed by atoms with E-state index in [-0.39, 0.29) is 17.4 Å². The van der Waals surface area contributed by atoms with Gasteiger partial charge in [-0.3, -0.25) is 4.68 Å². The zero-order valence-corrected chi connectivity index (χ0v) is 19.1. The molecule has 1 saturated carbocycles. The van der Waals surface area contributed by atoms with Gasteiger partial charge in [-0.15, -0.1) is 0 Å². The molecule has 3 atom stereocenters. The van der Waals surface area contributed by atoms with Crippen LogP contribution in [0.5, 0.6) is 0 Å². The Morgan fingerprint density at radius 2 is 1.69 bits per heavy atom. The molecule has 5 nitrogen and oxygen atoms in total. The lowest BCUT2D eigenvalue weighted by atomic mass is 10.1. The number of ether oxygens (including phenoxy) is 2. The molecule has 0 unspecified atom stereocenters. The molecule has 1 aromatic heterocycles. The molecular formula is C26H23F5N2O3. The predicted molar refractivity (Wildman–Crippen MR) is 118 cm³/mol. The Labute approximate surface area is 203 Å². The van der Waals surface area contributed by atoms with Crippen LogP contribution in [0.15, 0.2) is 60.7 Å². The van der Waals surface area contributed by atoms with Gasteiger partial charge < -0.3 is 9.47 Å². The number of benzene rings is 2. The maximum Gasteiger partial charge on any atom is 0.435 e. The van der Waals surface area contributed by atoms with Gasteiger partial charge in [-0.2, -0.15) is 18.3 Å². The van der Waals surface area contributed by atoms with Gasteiger partial charge in [0.25, 0.3) is 5.92 Å². The van der Waals surface area contributed by atoms with Crippen molar-refractivity contribution in [1.82, 2.24) is 9.78 Å². The summed E-state index contributed by atoms with van der Waals surface area (Å²) in [6.07, 6.45) is -7.26. The van der Waals surface area contributed by atoms with Gasteiger partial charge in [0.1, 0.15) is 0 Å². The van der Waals surface area contributed by atoms with Gasteiger partial charge in [0.2, 0.25) is 0 Å². The molecule has 0 N–H and O–H groups in total. The third-order valence-corrected chi connectivity index (χ3v) is 6.63. The second-order valence-electron chi connectivity index (χ2n) is 9.13. The molecule has 0 bridgehead atoms. The quantitative estimate of drug-likeness (QED) is 0.291. The summed E-state index contributed by atoms with van der Waals surface area (Å²) in [5, 5.41) is 3.75. The second-order valence-corrected chi connectivity index (χ2v) is 9.13. The van der Waals surface area contributed by atoms with Gasteiger partial charge in [0.15, 0.2) is 11.8 Å². The zero-order chi connectivity index (χ0) is 25.5. The first-order chi connectivity index (χ1) is 17.1. The van der Waals surface area contributed by atoms with Gasteiger partial charge in [-0.05, 0) is 37.0 Å². The number of halogens is 5. The van der Waals surface area contributed by atoms with Crippen molar-refractivity contribution in [2.45, 2.75) is 62.6 Å². The Bertz CT molecular complexity index is 1230. The number of carbonyl (C=O) groups excluding carboxylic acids is 1.